The molecule has 106 valence electrons. The van der Waals surface area contributed by atoms with Gasteiger partial charge in [-0.25, -0.2) is 9.48 Å². The quantitative estimate of drug-likeness (QED) is 0.814. The molecule has 1 fully saturated rings. The van der Waals surface area contributed by atoms with Crippen LogP contribution >= 0.6 is 0 Å². The van der Waals surface area contributed by atoms with E-state index in [0.717, 1.165) is 12.8 Å². The van der Waals surface area contributed by atoms with Crippen molar-refractivity contribution in [1.29, 1.82) is 0 Å². The number of methoxy groups -OCH3 is 1. The molecule has 7 heteroatoms. The van der Waals surface area contributed by atoms with Gasteiger partial charge in [-0.1, -0.05) is 5.21 Å². The zero-order valence-corrected chi connectivity index (χ0v) is 11.2. The summed E-state index contributed by atoms with van der Waals surface area (Å²) < 4.78 is 6.56. The van der Waals surface area contributed by atoms with E-state index in [-0.39, 0.29) is 11.7 Å². The number of aromatic nitrogens is 3. The second-order valence-corrected chi connectivity index (χ2v) is 5.14. The van der Waals surface area contributed by atoms with Gasteiger partial charge in [-0.15, -0.1) is 5.10 Å². The minimum atomic E-state index is -1.10. The SMILES string of the molecule is COCCc1c(C(=O)O)nnn1C1CCCC1(C)O. The topological polar surface area (TPSA) is 97.5 Å². The standard InChI is InChI=1S/C12H19N3O4/c1-12(18)6-3-4-9(12)15-8(5-7-19-2)10(11(16)17)13-14-15/h9,18H,3-7H2,1-2H3,(H,16,17). The normalized spacial score (nSPS) is 26.8. The minimum absolute atomic E-state index is 0.0558. The Labute approximate surface area is 111 Å². The van der Waals surface area contributed by atoms with Gasteiger partial charge in [-0.05, 0) is 26.2 Å². The van der Waals surface area contributed by atoms with Crippen molar-refractivity contribution in [2.45, 2.75) is 44.2 Å². The highest BCUT2D eigenvalue weighted by Crippen LogP contribution is 2.39. The fraction of sp³-hybridized carbons (Fsp3) is 0.750. The van der Waals surface area contributed by atoms with Gasteiger partial charge in [0.1, 0.15) is 0 Å². The number of carboxylic acid groups (broad SMARTS) is 1. The number of carboxylic acids is 1. The van der Waals surface area contributed by atoms with Gasteiger partial charge >= 0.3 is 5.97 Å². The van der Waals surface area contributed by atoms with E-state index in [4.69, 9.17) is 9.84 Å². The Morgan fingerprint density at radius 1 is 1.63 bits per heavy atom. The third kappa shape index (κ3) is 2.62. The molecule has 0 aliphatic heterocycles. The van der Waals surface area contributed by atoms with Crippen LogP contribution in [0.25, 0.3) is 0 Å². The summed E-state index contributed by atoms with van der Waals surface area (Å²) in [6, 6.07) is -0.222. The molecule has 1 aromatic rings. The second kappa shape index (κ2) is 5.26. The van der Waals surface area contributed by atoms with Gasteiger partial charge in [-0.3, -0.25) is 0 Å². The summed E-state index contributed by atoms with van der Waals surface area (Å²) in [5.41, 5.74) is -0.410. The van der Waals surface area contributed by atoms with E-state index < -0.39 is 11.6 Å². The fourth-order valence-corrected chi connectivity index (χ4v) is 2.68. The first-order chi connectivity index (χ1) is 8.97. The Balaban J connectivity index is 2.37. The Morgan fingerprint density at radius 3 is 2.89 bits per heavy atom. The largest absolute Gasteiger partial charge is 0.476 e. The molecule has 7 nitrogen and oxygen atoms in total. The molecule has 0 amide bonds. The van der Waals surface area contributed by atoms with Crippen LogP contribution in [0.2, 0.25) is 0 Å². The lowest BCUT2D eigenvalue weighted by Gasteiger charge is -2.26. The average molecular weight is 269 g/mol. The van der Waals surface area contributed by atoms with Crippen molar-refractivity contribution >= 4 is 5.97 Å². The number of aromatic carboxylic acids is 1. The van der Waals surface area contributed by atoms with E-state index in [2.05, 4.69) is 10.3 Å². The first kappa shape index (κ1) is 14.0. The Kier molecular flexibility index (Phi) is 3.86. The van der Waals surface area contributed by atoms with Gasteiger partial charge in [-0.2, -0.15) is 0 Å². The number of hydrogen-bond donors (Lipinski definition) is 2. The molecule has 1 aliphatic rings. The highest BCUT2D eigenvalue weighted by molar-refractivity contribution is 5.86. The van der Waals surface area contributed by atoms with Crippen molar-refractivity contribution < 1.29 is 19.7 Å². The number of hydrogen-bond acceptors (Lipinski definition) is 5. The van der Waals surface area contributed by atoms with Crippen LogP contribution in [0.1, 0.15) is 48.4 Å². The van der Waals surface area contributed by atoms with Gasteiger partial charge in [0.2, 0.25) is 0 Å². The molecule has 2 N–H and O–H groups in total. The van der Waals surface area contributed by atoms with E-state index in [0.29, 0.717) is 25.1 Å². The molecule has 1 aromatic heterocycles. The first-order valence-corrected chi connectivity index (χ1v) is 6.36. The molecule has 2 atom stereocenters. The number of rotatable bonds is 5. The summed E-state index contributed by atoms with van der Waals surface area (Å²) in [4.78, 5) is 11.2. The number of aliphatic hydroxyl groups is 1. The van der Waals surface area contributed by atoms with Crippen LogP contribution in [0.15, 0.2) is 0 Å². The van der Waals surface area contributed by atoms with Crippen molar-refractivity contribution in [3.8, 4) is 0 Å². The fourth-order valence-electron chi connectivity index (χ4n) is 2.68. The minimum Gasteiger partial charge on any atom is -0.476 e. The molecular formula is C12H19N3O4. The summed E-state index contributed by atoms with van der Waals surface area (Å²) in [6.45, 7) is 2.15. The average Bonchev–Trinajstić information content (AvgIpc) is 2.88. The van der Waals surface area contributed by atoms with E-state index in [1.807, 2.05) is 0 Å². The molecule has 0 aromatic carbocycles. The molecule has 0 spiro atoms. The first-order valence-electron chi connectivity index (χ1n) is 6.36. The van der Waals surface area contributed by atoms with Crippen LogP contribution in [0.5, 0.6) is 0 Å². The van der Waals surface area contributed by atoms with E-state index >= 15 is 0 Å². The summed E-state index contributed by atoms with van der Waals surface area (Å²) in [7, 11) is 1.56. The molecule has 0 saturated heterocycles. The van der Waals surface area contributed by atoms with Gasteiger partial charge in [0, 0.05) is 13.5 Å². The van der Waals surface area contributed by atoms with E-state index in [1.54, 1.807) is 18.7 Å². The second-order valence-electron chi connectivity index (χ2n) is 5.14. The smallest absolute Gasteiger partial charge is 0.358 e. The van der Waals surface area contributed by atoms with Gasteiger partial charge < -0.3 is 14.9 Å². The number of nitrogens with zero attached hydrogens (tertiary/aromatic N) is 3. The van der Waals surface area contributed by atoms with E-state index in [9.17, 15) is 9.90 Å². The van der Waals surface area contributed by atoms with Crippen molar-refractivity contribution in [1.82, 2.24) is 15.0 Å². The number of carbonyl (C=O) groups is 1. The zero-order chi connectivity index (χ0) is 14.0. The summed E-state index contributed by atoms with van der Waals surface area (Å²) >= 11 is 0. The van der Waals surface area contributed by atoms with Crippen molar-refractivity contribution in [3.63, 3.8) is 0 Å². The molecule has 2 unspecified atom stereocenters. The Bertz CT molecular complexity index is 470. The maximum Gasteiger partial charge on any atom is 0.358 e. The molecule has 0 bridgehead atoms. The summed E-state index contributed by atoms with van der Waals surface area (Å²) in [5.74, 6) is -1.10. The highest BCUT2D eigenvalue weighted by Gasteiger charge is 2.40. The maximum absolute atomic E-state index is 11.2. The third-order valence-electron chi connectivity index (χ3n) is 3.71. The lowest BCUT2D eigenvalue weighted by Crippen LogP contribution is -2.33. The summed E-state index contributed by atoms with van der Waals surface area (Å²) in [5, 5.41) is 27.1. The van der Waals surface area contributed by atoms with Crippen LogP contribution in [0, 0.1) is 0 Å². The van der Waals surface area contributed by atoms with Gasteiger partial charge in [0.25, 0.3) is 0 Å². The molecule has 2 rings (SSSR count). The van der Waals surface area contributed by atoms with Crippen LogP contribution in [-0.4, -0.2) is 50.5 Å². The molecule has 1 heterocycles. The van der Waals surface area contributed by atoms with Gasteiger partial charge in [0.05, 0.1) is 23.9 Å². The number of ether oxygens (including phenoxy) is 1. The highest BCUT2D eigenvalue weighted by atomic mass is 16.5. The Hall–Kier alpha value is -1.47. The molecule has 19 heavy (non-hydrogen) atoms. The summed E-state index contributed by atoms with van der Waals surface area (Å²) in [6.07, 6.45) is 2.76. The zero-order valence-electron chi connectivity index (χ0n) is 11.2. The predicted molar refractivity (Wildman–Crippen MR) is 66.1 cm³/mol. The van der Waals surface area contributed by atoms with Crippen LogP contribution < -0.4 is 0 Å². The molecule has 0 radical (unpaired) electrons. The van der Waals surface area contributed by atoms with Crippen molar-refractivity contribution in [2.24, 2.45) is 0 Å². The monoisotopic (exact) mass is 269 g/mol. The lowest BCUT2D eigenvalue weighted by atomic mass is 10.0. The third-order valence-corrected chi connectivity index (χ3v) is 3.71. The van der Waals surface area contributed by atoms with E-state index in [1.165, 1.54) is 0 Å². The van der Waals surface area contributed by atoms with Crippen LogP contribution in [0.3, 0.4) is 0 Å². The lowest BCUT2D eigenvalue weighted by molar-refractivity contribution is 0.0200. The Morgan fingerprint density at radius 2 is 2.37 bits per heavy atom. The molecular weight excluding hydrogens is 250 g/mol. The van der Waals surface area contributed by atoms with Crippen molar-refractivity contribution in [2.75, 3.05) is 13.7 Å². The molecule has 1 aliphatic carbocycles. The van der Waals surface area contributed by atoms with Gasteiger partial charge in [0.15, 0.2) is 5.69 Å². The van der Waals surface area contributed by atoms with Crippen LogP contribution in [-0.2, 0) is 11.2 Å². The molecule has 1 saturated carbocycles. The van der Waals surface area contributed by atoms with Crippen LogP contribution in [0.4, 0.5) is 0 Å². The maximum atomic E-state index is 11.2. The predicted octanol–water partition coefficient (Wildman–Crippen LogP) is 0.641. The van der Waals surface area contributed by atoms with Crippen molar-refractivity contribution in [3.05, 3.63) is 11.4 Å².